The van der Waals surface area contributed by atoms with E-state index in [0.29, 0.717) is 36.3 Å². The van der Waals surface area contributed by atoms with Gasteiger partial charge < -0.3 is 34.5 Å². The minimum absolute atomic E-state index is 0.0126. The Morgan fingerprint density at radius 2 is 1.42 bits per heavy atom. The molecule has 3 atom stereocenters. The van der Waals surface area contributed by atoms with Gasteiger partial charge in [0.25, 0.3) is 0 Å². The lowest BCUT2D eigenvalue weighted by atomic mass is 9.96. The molecule has 0 radical (unpaired) electrons. The van der Waals surface area contributed by atoms with E-state index < -0.39 is 36.1 Å². The first-order valence-electron chi connectivity index (χ1n) is 16.7. The fourth-order valence-corrected chi connectivity index (χ4v) is 5.38. The normalized spacial score (nSPS) is 13.0. The Morgan fingerprint density at radius 3 is 1.98 bits per heavy atom. The van der Waals surface area contributed by atoms with Crippen LogP contribution in [-0.4, -0.2) is 67.7 Å². The van der Waals surface area contributed by atoms with E-state index in [4.69, 9.17) is 18.9 Å². The second-order valence-electron chi connectivity index (χ2n) is 13.3. The molecule has 11 heteroatoms. The van der Waals surface area contributed by atoms with Gasteiger partial charge >= 0.3 is 12.1 Å². The summed E-state index contributed by atoms with van der Waals surface area (Å²) >= 11 is 0. The molecule has 0 aromatic heterocycles. The molecule has 0 unspecified atom stereocenters. The maximum absolute atomic E-state index is 14.7. The van der Waals surface area contributed by atoms with Crippen molar-refractivity contribution in [2.24, 2.45) is 17.8 Å². The molecule has 2 N–H and O–H groups in total. The zero-order valence-corrected chi connectivity index (χ0v) is 30.0. The molecule has 0 fully saturated rings. The van der Waals surface area contributed by atoms with Crippen LogP contribution in [0.25, 0.3) is 0 Å². The van der Waals surface area contributed by atoms with Crippen molar-refractivity contribution < 1.29 is 38.1 Å². The lowest BCUT2D eigenvalue weighted by Crippen LogP contribution is -2.57. The van der Waals surface area contributed by atoms with Crippen molar-refractivity contribution in [3.63, 3.8) is 0 Å². The number of carbonyl (C=O) groups excluding carboxylic acids is 4. The Labute approximate surface area is 286 Å². The second kappa shape index (κ2) is 20.2. The third-order valence-corrected chi connectivity index (χ3v) is 7.59. The molecule has 2 aromatic rings. The van der Waals surface area contributed by atoms with Crippen molar-refractivity contribution in [1.29, 1.82) is 0 Å². The molecule has 0 aliphatic rings. The number of esters is 1. The topological polar surface area (TPSA) is 132 Å². The summed E-state index contributed by atoms with van der Waals surface area (Å²) in [6.07, 6.45) is 0.486. The van der Waals surface area contributed by atoms with Gasteiger partial charge in [-0.2, -0.15) is 0 Å². The van der Waals surface area contributed by atoms with Crippen molar-refractivity contribution in [3.05, 3.63) is 59.7 Å². The molecule has 0 spiro atoms. The van der Waals surface area contributed by atoms with Crippen molar-refractivity contribution in [3.8, 4) is 11.5 Å². The monoisotopic (exact) mass is 669 g/mol. The summed E-state index contributed by atoms with van der Waals surface area (Å²) in [4.78, 5) is 55.1. The average molecular weight is 670 g/mol. The largest absolute Gasteiger partial charge is 0.497 e. The fourth-order valence-electron chi connectivity index (χ4n) is 5.38. The minimum Gasteiger partial charge on any atom is -0.497 e. The number of hydrogen-bond acceptors (Lipinski definition) is 8. The Hall–Kier alpha value is -4.28. The smallest absolute Gasteiger partial charge is 0.408 e. The first-order chi connectivity index (χ1) is 22.7. The van der Waals surface area contributed by atoms with E-state index in [1.165, 1.54) is 18.9 Å². The second-order valence-corrected chi connectivity index (χ2v) is 13.3. The summed E-state index contributed by atoms with van der Waals surface area (Å²) in [5, 5.41) is 5.85. The molecule has 11 nitrogen and oxygen atoms in total. The molecule has 2 rings (SSSR count). The number of amides is 3. The van der Waals surface area contributed by atoms with E-state index in [-0.39, 0.29) is 43.4 Å². The molecule has 0 heterocycles. The van der Waals surface area contributed by atoms with E-state index in [9.17, 15) is 19.2 Å². The molecule has 0 saturated carbocycles. The Balaban J connectivity index is 2.54. The van der Waals surface area contributed by atoms with Gasteiger partial charge in [-0.25, -0.2) is 4.79 Å². The van der Waals surface area contributed by atoms with Crippen LogP contribution in [0.2, 0.25) is 0 Å². The highest BCUT2D eigenvalue weighted by Gasteiger charge is 2.37. The summed E-state index contributed by atoms with van der Waals surface area (Å²) in [5.41, 5.74) is 1.47. The van der Waals surface area contributed by atoms with Crippen molar-refractivity contribution in [2.45, 2.75) is 99.0 Å². The highest BCUT2D eigenvalue weighted by Crippen LogP contribution is 2.28. The number of nitrogens with one attached hydrogen (secondary N) is 2. The maximum atomic E-state index is 14.7. The molecule has 266 valence electrons. The van der Waals surface area contributed by atoms with Crippen LogP contribution < -0.4 is 20.1 Å². The molecule has 48 heavy (non-hydrogen) atoms. The van der Waals surface area contributed by atoms with E-state index >= 15 is 0 Å². The number of benzene rings is 2. The van der Waals surface area contributed by atoms with Gasteiger partial charge in [-0.15, -0.1) is 0 Å². The summed E-state index contributed by atoms with van der Waals surface area (Å²) < 4.78 is 21.8. The first-order valence-corrected chi connectivity index (χ1v) is 16.7. The van der Waals surface area contributed by atoms with E-state index in [1.807, 2.05) is 71.9 Å². The molecule has 2 aromatic carbocycles. The number of alkyl carbamates (subject to hydrolysis) is 1. The molecule has 0 aliphatic carbocycles. The zero-order valence-electron chi connectivity index (χ0n) is 30.0. The highest BCUT2D eigenvalue weighted by atomic mass is 16.5. The predicted octanol–water partition coefficient (Wildman–Crippen LogP) is 5.88. The zero-order chi connectivity index (χ0) is 35.8. The molecule has 0 aliphatic heterocycles. The summed E-state index contributed by atoms with van der Waals surface area (Å²) in [6.45, 7) is 13.3. The van der Waals surface area contributed by atoms with Crippen LogP contribution in [0.1, 0.15) is 78.9 Å². The molecular weight excluding hydrogens is 614 g/mol. The van der Waals surface area contributed by atoms with Gasteiger partial charge in [-0.05, 0) is 54.7 Å². The molecule has 0 saturated heterocycles. The van der Waals surface area contributed by atoms with Gasteiger partial charge in [0, 0.05) is 18.6 Å². The Bertz CT molecular complexity index is 1310. The standard InChI is InChI=1S/C37H55N3O8/c1-24(2)17-30(23-47-27(7)41)38-35(42)33(19-26(5)6)40(21-29-15-16-31(45-8)20-34(29)46-9)36(43)32(18-25(3)4)39-37(44)48-22-28-13-11-10-12-14-28/h10-16,20,24-26,30,32-33H,17-19,21-23H2,1-9H3,(H,38,42)(H,39,44)/t30-,32-,33-/m0/s1. The van der Waals surface area contributed by atoms with E-state index in [2.05, 4.69) is 10.6 Å². The van der Waals surface area contributed by atoms with Crippen molar-refractivity contribution in [1.82, 2.24) is 15.5 Å². The van der Waals surface area contributed by atoms with Crippen LogP contribution >= 0.6 is 0 Å². The lowest BCUT2D eigenvalue weighted by Gasteiger charge is -2.36. The van der Waals surface area contributed by atoms with Gasteiger partial charge in [0.15, 0.2) is 0 Å². The minimum atomic E-state index is -0.979. The van der Waals surface area contributed by atoms with Gasteiger partial charge in [0.2, 0.25) is 11.8 Å². The van der Waals surface area contributed by atoms with Crippen LogP contribution in [0.5, 0.6) is 11.5 Å². The first kappa shape index (κ1) is 39.9. The van der Waals surface area contributed by atoms with Gasteiger partial charge in [-0.3, -0.25) is 14.4 Å². The summed E-state index contributed by atoms with van der Waals surface area (Å²) in [6, 6.07) is 12.2. The van der Waals surface area contributed by atoms with Crippen LogP contribution in [0.4, 0.5) is 4.79 Å². The van der Waals surface area contributed by atoms with E-state index in [0.717, 1.165) is 5.56 Å². The lowest BCUT2D eigenvalue weighted by molar-refractivity contribution is -0.145. The Morgan fingerprint density at radius 1 is 0.771 bits per heavy atom. The molecular formula is C37H55N3O8. The SMILES string of the molecule is COc1ccc(CN(C(=O)[C@H](CC(C)C)NC(=O)OCc2ccccc2)[C@@H](CC(C)C)C(=O)N[C@H](COC(C)=O)CC(C)C)c(OC)c1. The predicted molar refractivity (Wildman–Crippen MR) is 184 cm³/mol. The highest BCUT2D eigenvalue weighted by molar-refractivity contribution is 5.91. The number of nitrogens with zero attached hydrogens (tertiary/aromatic N) is 1. The van der Waals surface area contributed by atoms with Gasteiger partial charge in [0.1, 0.15) is 36.8 Å². The maximum Gasteiger partial charge on any atom is 0.408 e. The number of methoxy groups -OCH3 is 2. The fraction of sp³-hybridized carbons (Fsp3) is 0.568. The van der Waals surface area contributed by atoms with Crippen molar-refractivity contribution in [2.75, 3.05) is 20.8 Å². The third-order valence-electron chi connectivity index (χ3n) is 7.59. The number of hydrogen-bond donors (Lipinski definition) is 2. The third kappa shape index (κ3) is 13.8. The van der Waals surface area contributed by atoms with Crippen LogP contribution in [0, 0.1) is 17.8 Å². The van der Waals surface area contributed by atoms with E-state index in [1.54, 1.807) is 25.3 Å². The van der Waals surface area contributed by atoms with Crippen LogP contribution in [0.15, 0.2) is 48.5 Å². The van der Waals surface area contributed by atoms with Crippen LogP contribution in [0.3, 0.4) is 0 Å². The summed E-state index contributed by atoms with van der Waals surface area (Å²) in [5.74, 6) is 0.0720. The van der Waals surface area contributed by atoms with Gasteiger partial charge in [-0.1, -0.05) is 71.9 Å². The Kier molecular flexibility index (Phi) is 16.8. The summed E-state index contributed by atoms with van der Waals surface area (Å²) in [7, 11) is 3.08. The number of rotatable bonds is 19. The quantitative estimate of drug-likeness (QED) is 0.177. The van der Waals surface area contributed by atoms with Crippen LogP contribution in [-0.2, 0) is 37.0 Å². The van der Waals surface area contributed by atoms with Gasteiger partial charge in [0.05, 0.1) is 26.8 Å². The number of ether oxygens (including phenoxy) is 4. The average Bonchev–Trinajstić information content (AvgIpc) is 3.03. The number of carbonyl (C=O) groups is 4. The van der Waals surface area contributed by atoms with Crippen molar-refractivity contribution >= 4 is 23.9 Å². The molecule has 3 amide bonds. The molecule has 0 bridgehead atoms.